The fourth-order valence-corrected chi connectivity index (χ4v) is 2.34. The minimum atomic E-state index is 0.212. The van der Waals surface area contributed by atoms with Gasteiger partial charge in [-0.05, 0) is 50.1 Å². The van der Waals surface area contributed by atoms with Crippen LogP contribution in [-0.4, -0.2) is 31.9 Å². The molecule has 0 amide bonds. The Hall–Kier alpha value is -0.770. The van der Waals surface area contributed by atoms with Crippen molar-refractivity contribution in [2.24, 2.45) is 0 Å². The first-order chi connectivity index (χ1) is 9.28. The van der Waals surface area contributed by atoms with Crippen molar-refractivity contribution in [3.63, 3.8) is 0 Å². The van der Waals surface area contributed by atoms with E-state index in [0.717, 1.165) is 43.1 Å². The van der Waals surface area contributed by atoms with Gasteiger partial charge in [0, 0.05) is 11.6 Å². The summed E-state index contributed by atoms with van der Waals surface area (Å²) < 4.78 is 11.7. The third-order valence-electron chi connectivity index (χ3n) is 3.24. The lowest BCUT2D eigenvalue weighted by Gasteiger charge is -2.15. The van der Waals surface area contributed by atoms with Crippen LogP contribution in [0.15, 0.2) is 24.3 Å². The van der Waals surface area contributed by atoms with Crippen molar-refractivity contribution in [3.8, 4) is 5.75 Å². The van der Waals surface area contributed by atoms with E-state index in [0.29, 0.717) is 12.7 Å². The lowest BCUT2D eigenvalue weighted by atomic mass is 10.2. The van der Waals surface area contributed by atoms with Crippen LogP contribution in [0, 0.1) is 0 Å². The van der Waals surface area contributed by atoms with E-state index < -0.39 is 0 Å². The van der Waals surface area contributed by atoms with Gasteiger partial charge in [-0.1, -0.05) is 18.5 Å². The van der Waals surface area contributed by atoms with E-state index in [4.69, 9.17) is 21.1 Å². The Balaban J connectivity index is 1.66. The highest BCUT2D eigenvalue weighted by molar-refractivity contribution is 6.30. The van der Waals surface area contributed by atoms with Crippen LogP contribution in [0.3, 0.4) is 0 Å². The topological polar surface area (TPSA) is 30.5 Å². The van der Waals surface area contributed by atoms with Crippen LogP contribution in [0.1, 0.15) is 26.2 Å². The van der Waals surface area contributed by atoms with Crippen LogP contribution >= 0.6 is 11.6 Å². The van der Waals surface area contributed by atoms with E-state index in [1.54, 1.807) is 0 Å². The standard InChI is InChI=1S/C15H22ClNO2/c1-2-9-17-10-14-7-8-15(19-14)11-18-13-5-3-12(16)4-6-13/h3-6,14-15,17H,2,7-11H2,1H3. The highest BCUT2D eigenvalue weighted by Gasteiger charge is 2.25. The number of rotatable bonds is 7. The maximum Gasteiger partial charge on any atom is 0.119 e. The molecular weight excluding hydrogens is 262 g/mol. The molecule has 1 heterocycles. The number of hydrogen-bond donors (Lipinski definition) is 1. The van der Waals surface area contributed by atoms with Crippen LogP contribution in [0.4, 0.5) is 0 Å². The van der Waals surface area contributed by atoms with Gasteiger partial charge >= 0.3 is 0 Å². The molecule has 1 saturated heterocycles. The smallest absolute Gasteiger partial charge is 0.119 e. The second kappa shape index (κ2) is 7.73. The van der Waals surface area contributed by atoms with Gasteiger partial charge in [-0.2, -0.15) is 0 Å². The number of nitrogens with one attached hydrogen (secondary N) is 1. The molecule has 1 aromatic rings. The monoisotopic (exact) mass is 283 g/mol. The second-order valence-corrected chi connectivity index (χ2v) is 5.36. The van der Waals surface area contributed by atoms with Crippen molar-refractivity contribution < 1.29 is 9.47 Å². The van der Waals surface area contributed by atoms with E-state index in [9.17, 15) is 0 Å². The molecule has 0 aliphatic carbocycles. The first-order valence-electron chi connectivity index (χ1n) is 7.02. The van der Waals surface area contributed by atoms with Crippen molar-refractivity contribution >= 4 is 11.6 Å². The number of benzene rings is 1. The molecule has 3 nitrogen and oxygen atoms in total. The molecule has 2 unspecified atom stereocenters. The summed E-state index contributed by atoms with van der Waals surface area (Å²) in [4.78, 5) is 0. The normalized spacial score (nSPS) is 22.6. The summed E-state index contributed by atoms with van der Waals surface area (Å²) in [6, 6.07) is 7.45. The van der Waals surface area contributed by atoms with Crippen molar-refractivity contribution in [2.75, 3.05) is 19.7 Å². The Bertz CT molecular complexity index is 369. The summed E-state index contributed by atoms with van der Waals surface area (Å²) in [5.74, 6) is 0.848. The predicted molar refractivity (Wildman–Crippen MR) is 78.0 cm³/mol. The highest BCUT2D eigenvalue weighted by atomic mass is 35.5. The van der Waals surface area contributed by atoms with E-state index in [1.807, 2.05) is 24.3 Å². The molecule has 19 heavy (non-hydrogen) atoms. The molecule has 0 saturated carbocycles. The van der Waals surface area contributed by atoms with Gasteiger partial charge in [0.15, 0.2) is 0 Å². The molecule has 1 fully saturated rings. The summed E-state index contributed by atoms with van der Waals surface area (Å²) in [6.45, 7) is 4.80. The first-order valence-corrected chi connectivity index (χ1v) is 7.40. The number of ether oxygens (including phenoxy) is 2. The van der Waals surface area contributed by atoms with Crippen molar-refractivity contribution in [3.05, 3.63) is 29.3 Å². The number of halogens is 1. The van der Waals surface area contributed by atoms with E-state index >= 15 is 0 Å². The molecule has 0 aromatic heterocycles. The van der Waals surface area contributed by atoms with E-state index in [1.165, 1.54) is 0 Å². The zero-order valence-corrected chi connectivity index (χ0v) is 12.2. The van der Waals surface area contributed by atoms with Gasteiger partial charge in [-0.15, -0.1) is 0 Å². The largest absolute Gasteiger partial charge is 0.491 e. The van der Waals surface area contributed by atoms with Crippen LogP contribution in [0.2, 0.25) is 5.02 Å². The molecule has 2 rings (SSSR count). The quantitative estimate of drug-likeness (QED) is 0.779. The van der Waals surface area contributed by atoms with Gasteiger partial charge in [0.05, 0.1) is 12.2 Å². The van der Waals surface area contributed by atoms with E-state index in [2.05, 4.69) is 12.2 Å². The van der Waals surface area contributed by atoms with Crippen LogP contribution in [0.25, 0.3) is 0 Å². The van der Waals surface area contributed by atoms with Gasteiger partial charge < -0.3 is 14.8 Å². The summed E-state index contributed by atoms with van der Waals surface area (Å²) in [7, 11) is 0. The zero-order chi connectivity index (χ0) is 13.5. The second-order valence-electron chi connectivity index (χ2n) is 4.93. The lowest BCUT2D eigenvalue weighted by Crippen LogP contribution is -2.28. The van der Waals surface area contributed by atoms with Crippen LogP contribution in [0.5, 0.6) is 5.75 Å². The molecule has 106 valence electrons. The van der Waals surface area contributed by atoms with Crippen molar-refractivity contribution in [2.45, 2.75) is 38.4 Å². The fourth-order valence-electron chi connectivity index (χ4n) is 2.21. The highest BCUT2D eigenvalue weighted by Crippen LogP contribution is 2.21. The lowest BCUT2D eigenvalue weighted by molar-refractivity contribution is 0.0187. The summed E-state index contributed by atoms with van der Waals surface area (Å²) in [5.41, 5.74) is 0. The molecule has 1 aliphatic rings. The average Bonchev–Trinajstić information content (AvgIpc) is 2.86. The average molecular weight is 284 g/mol. The molecule has 2 atom stereocenters. The van der Waals surface area contributed by atoms with Gasteiger partial charge in [0.1, 0.15) is 12.4 Å². The summed E-state index contributed by atoms with van der Waals surface area (Å²) in [6.07, 6.45) is 3.90. The molecule has 1 aromatic carbocycles. The van der Waals surface area contributed by atoms with Crippen molar-refractivity contribution in [1.29, 1.82) is 0 Å². The van der Waals surface area contributed by atoms with Gasteiger partial charge in [0.2, 0.25) is 0 Å². The Labute approximate surface area is 120 Å². The molecule has 1 aliphatic heterocycles. The van der Waals surface area contributed by atoms with Gasteiger partial charge in [-0.25, -0.2) is 0 Å². The zero-order valence-electron chi connectivity index (χ0n) is 11.4. The Morgan fingerprint density at radius 3 is 2.74 bits per heavy atom. The van der Waals surface area contributed by atoms with Gasteiger partial charge in [0.25, 0.3) is 0 Å². The SMILES string of the molecule is CCCNCC1CCC(COc2ccc(Cl)cc2)O1. The maximum atomic E-state index is 5.94. The Kier molecular flexibility index (Phi) is 5.95. The first kappa shape index (κ1) is 14.6. The minimum Gasteiger partial charge on any atom is -0.491 e. The molecule has 0 bridgehead atoms. The maximum absolute atomic E-state index is 5.94. The Morgan fingerprint density at radius 1 is 1.26 bits per heavy atom. The third kappa shape index (κ3) is 5.01. The molecule has 4 heteroatoms. The predicted octanol–water partition coefficient (Wildman–Crippen LogP) is 3.27. The molecule has 1 N–H and O–H groups in total. The minimum absolute atomic E-state index is 0.212. The van der Waals surface area contributed by atoms with Crippen molar-refractivity contribution in [1.82, 2.24) is 5.32 Å². The summed E-state index contributed by atoms with van der Waals surface area (Å²) in [5, 5.41) is 4.13. The third-order valence-corrected chi connectivity index (χ3v) is 3.50. The van der Waals surface area contributed by atoms with Crippen LogP contribution < -0.4 is 10.1 Å². The number of hydrogen-bond acceptors (Lipinski definition) is 3. The Morgan fingerprint density at radius 2 is 2.00 bits per heavy atom. The molecule has 0 radical (unpaired) electrons. The van der Waals surface area contributed by atoms with Crippen LogP contribution in [-0.2, 0) is 4.74 Å². The van der Waals surface area contributed by atoms with Gasteiger partial charge in [-0.3, -0.25) is 0 Å². The summed E-state index contributed by atoms with van der Waals surface area (Å²) >= 11 is 5.83. The van der Waals surface area contributed by atoms with E-state index in [-0.39, 0.29) is 6.10 Å². The molecular formula is C15H22ClNO2. The fraction of sp³-hybridized carbons (Fsp3) is 0.600. The molecule has 0 spiro atoms.